The molecule has 0 amide bonds. The highest BCUT2D eigenvalue weighted by Gasteiger charge is 2.19. The van der Waals surface area contributed by atoms with E-state index in [0.717, 1.165) is 16.7 Å². The second-order valence-electron chi connectivity index (χ2n) is 5.61. The van der Waals surface area contributed by atoms with Gasteiger partial charge < -0.3 is 4.74 Å². The molecule has 0 saturated heterocycles. The van der Waals surface area contributed by atoms with Crippen LogP contribution in [0.25, 0.3) is 0 Å². The zero-order chi connectivity index (χ0) is 17.0. The van der Waals surface area contributed by atoms with Crippen molar-refractivity contribution >= 4 is 10.0 Å². The van der Waals surface area contributed by atoms with Gasteiger partial charge in [-0.05, 0) is 63.1 Å². The monoisotopic (exact) mass is 333 g/mol. The third-order valence-corrected chi connectivity index (χ3v) is 5.23. The lowest BCUT2D eigenvalue weighted by molar-refractivity contribution is 0.340. The fraction of sp³-hybridized carbons (Fsp3) is 0.333. The van der Waals surface area contributed by atoms with E-state index in [2.05, 4.69) is 10.8 Å². The molecule has 0 saturated carbocycles. The first-order chi connectivity index (χ1) is 10.8. The summed E-state index contributed by atoms with van der Waals surface area (Å²) in [5.74, 6) is 0.661. The Bertz CT molecular complexity index is 767. The van der Waals surface area contributed by atoms with Gasteiger partial charge in [0.2, 0.25) is 10.0 Å². The van der Waals surface area contributed by atoms with Crippen LogP contribution in [0.3, 0.4) is 0 Å². The predicted octanol–water partition coefficient (Wildman–Crippen LogP) is 3.74. The lowest BCUT2D eigenvalue weighted by Gasteiger charge is -2.17. The van der Waals surface area contributed by atoms with Crippen LogP contribution in [0.2, 0.25) is 0 Å². The fourth-order valence-electron chi connectivity index (χ4n) is 2.56. The predicted molar refractivity (Wildman–Crippen MR) is 92.3 cm³/mol. The average molecular weight is 333 g/mol. The summed E-state index contributed by atoms with van der Waals surface area (Å²) >= 11 is 0. The Kier molecular flexibility index (Phi) is 5.44. The molecule has 0 aliphatic carbocycles. The number of nitrogens with one attached hydrogen (secondary N) is 1. The van der Waals surface area contributed by atoms with Gasteiger partial charge in [-0.15, -0.1) is 0 Å². The van der Waals surface area contributed by atoms with Gasteiger partial charge in [-0.25, -0.2) is 13.1 Å². The first-order valence-corrected chi connectivity index (χ1v) is 9.14. The summed E-state index contributed by atoms with van der Waals surface area (Å²) in [7, 11) is -3.57. The number of ether oxygens (including phenoxy) is 1. The second-order valence-corrected chi connectivity index (χ2v) is 7.32. The van der Waals surface area contributed by atoms with Gasteiger partial charge in [0.05, 0.1) is 11.5 Å². The molecule has 4 nitrogen and oxygen atoms in total. The van der Waals surface area contributed by atoms with Crippen molar-refractivity contribution in [1.82, 2.24) is 4.72 Å². The van der Waals surface area contributed by atoms with Crippen molar-refractivity contribution in [1.29, 1.82) is 0 Å². The Hall–Kier alpha value is -1.85. The summed E-state index contributed by atoms with van der Waals surface area (Å²) in [6, 6.07) is 12.2. The van der Waals surface area contributed by atoms with Crippen LogP contribution in [-0.4, -0.2) is 15.0 Å². The number of hydrogen-bond acceptors (Lipinski definition) is 3. The van der Waals surface area contributed by atoms with Crippen molar-refractivity contribution < 1.29 is 13.2 Å². The molecule has 0 radical (unpaired) electrons. The number of aryl methyl sites for hydroxylation is 2. The summed E-state index contributed by atoms with van der Waals surface area (Å²) < 4.78 is 33.1. The van der Waals surface area contributed by atoms with E-state index in [9.17, 15) is 8.42 Å². The van der Waals surface area contributed by atoms with Crippen molar-refractivity contribution in [3.05, 3.63) is 59.2 Å². The van der Waals surface area contributed by atoms with Gasteiger partial charge in [-0.1, -0.05) is 23.8 Å². The first-order valence-electron chi connectivity index (χ1n) is 7.66. The number of sulfonamides is 1. The zero-order valence-corrected chi connectivity index (χ0v) is 14.8. The minimum Gasteiger partial charge on any atom is -0.494 e. The van der Waals surface area contributed by atoms with Gasteiger partial charge >= 0.3 is 0 Å². The summed E-state index contributed by atoms with van der Waals surface area (Å²) in [6.45, 7) is 8.30. The minimum atomic E-state index is -3.57. The van der Waals surface area contributed by atoms with Crippen LogP contribution < -0.4 is 9.46 Å². The molecule has 0 aliphatic heterocycles. The van der Waals surface area contributed by atoms with E-state index in [0.29, 0.717) is 12.4 Å². The van der Waals surface area contributed by atoms with Gasteiger partial charge in [0.15, 0.2) is 0 Å². The molecule has 0 heterocycles. The molecule has 23 heavy (non-hydrogen) atoms. The van der Waals surface area contributed by atoms with Crippen LogP contribution in [0.15, 0.2) is 47.4 Å². The average Bonchev–Trinajstić information content (AvgIpc) is 2.47. The van der Waals surface area contributed by atoms with Gasteiger partial charge in [0, 0.05) is 6.04 Å². The van der Waals surface area contributed by atoms with Gasteiger partial charge in [0.25, 0.3) is 0 Å². The molecule has 0 fully saturated rings. The van der Waals surface area contributed by atoms with Gasteiger partial charge in [0.1, 0.15) is 5.75 Å². The Morgan fingerprint density at radius 1 is 1.09 bits per heavy atom. The maximum Gasteiger partial charge on any atom is 0.241 e. The van der Waals surface area contributed by atoms with Gasteiger partial charge in [-0.3, -0.25) is 0 Å². The maximum atomic E-state index is 12.5. The number of benzene rings is 2. The SMILES string of the molecule is CCOc1ccc(S(=O)(=O)N[C@@H](C)c2ccc(C)cc2C)cc1. The summed E-state index contributed by atoms with van der Waals surface area (Å²) in [6.07, 6.45) is 0. The third-order valence-electron chi connectivity index (χ3n) is 3.67. The standard InChI is InChI=1S/C18H23NO3S/c1-5-22-16-7-9-17(10-8-16)23(20,21)19-15(4)18-11-6-13(2)12-14(18)3/h6-12,15,19H,5H2,1-4H3/t15-/m0/s1. The lowest BCUT2D eigenvalue weighted by atomic mass is 10.0. The van der Waals surface area contributed by atoms with Crippen molar-refractivity contribution in [3.63, 3.8) is 0 Å². The van der Waals surface area contributed by atoms with E-state index >= 15 is 0 Å². The molecule has 0 aromatic heterocycles. The molecule has 0 unspecified atom stereocenters. The van der Waals surface area contributed by atoms with Crippen LogP contribution in [0.5, 0.6) is 5.75 Å². The summed E-state index contributed by atoms with van der Waals surface area (Å²) in [5.41, 5.74) is 3.21. The normalized spacial score (nSPS) is 12.9. The Labute approximate surface area is 138 Å². The molecule has 124 valence electrons. The van der Waals surface area contributed by atoms with Crippen LogP contribution in [0, 0.1) is 13.8 Å². The van der Waals surface area contributed by atoms with E-state index < -0.39 is 10.0 Å². The summed E-state index contributed by atoms with van der Waals surface area (Å²) in [4.78, 5) is 0.234. The first kappa shape index (κ1) is 17.5. The Balaban J connectivity index is 2.19. The quantitative estimate of drug-likeness (QED) is 0.876. The topological polar surface area (TPSA) is 55.4 Å². The number of hydrogen-bond donors (Lipinski definition) is 1. The number of rotatable bonds is 6. The van der Waals surface area contributed by atoms with Crippen LogP contribution in [-0.2, 0) is 10.0 Å². The Morgan fingerprint density at radius 2 is 1.74 bits per heavy atom. The van der Waals surface area contributed by atoms with Crippen molar-refractivity contribution in [2.45, 2.75) is 38.6 Å². The highest BCUT2D eigenvalue weighted by molar-refractivity contribution is 7.89. The smallest absolute Gasteiger partial charge is 0.241 e. The molecular weight excluding hydrogens is 310 g/mol. The van der Waals surface area contributed by atoms with Crippen LogP contribution in [0.1, 0.15) is 36.6 Å². The highest BCUT2D eigenvalue weighted by atomic mass is 32.2. The van der Waals surface area contributed by atoms with Crippen LogP contribution >= 0.6 is 0 Å². The molecule has 0 bridgehead atoms. The molecule has 1 atom stereocenters. The van der Waals surface area contributed by atoms with Crippen molar-refractivity contribution in [2.24, 2.45) is 0 Å². The second kappa shape index (κ2) is 7.15. The van der Waals surface area contributed by atoms with Crippen molar-refractivity contribution in [3.8, 4) is 5.75 Å². The van der Waals surface area contributed by atoms with Gasteiger partial charge in [-0.2, -0.15) is 0 Å². The largest absolute Gasteiger partial charge is 0.494 e. The molecule has 2 aromatic carbocycles. The Morgan fingerprint density at radius 3 is 2.30 bits per heavy atom. The van der Waals surface area contributed by atoms with E-state index in [1.807, 2.05) is 39.8 Å². The van der Waals surface area contributed by atoms with Crippen molar-refractivity contribution in [2.75, 3.05) is 6.61 Å². The molecule has 2 rings (SSSR count). The third kappa shape index (κ3) is 4.33. The van der Waals surface area contributed by atoms with E-state index in [-0.39, 0.29) is 10.9 Å². The van der Waals surface area contributed by atoms with E-state index in [4.69, 9.17) is 4.74 Å². The fourth-order valence-corrected chi connectivity index (χ4v) is 3.78. The zero-order valence-electron chi connectivity index (χ0n) is 14.0. The summed E-state index contributed by atoms with van der Waals surface area (Å²) in [5, 5.41) is 0. The maximum absolute atomic E-state index is 12.5. The minimum absolute atomic E-state index is 0.234. The molecule has 0 aliphatic rings. The van der Waals surface area contributed by atoms with E-state index in [1.165, 1.54) is 0 Å². The lowest BCUT2D eigenvalue weighted by Crippen LogP contribution is -2.27. The molecule has 2 aromatic rings. The molecular formula is C18H23NO3S. The molecule has 0 spiro atoms. The molecule has 1 N–H and O–H groups in total. The van der Waals surface area contributed by atoms with Crippen LogP contribution in [0.4, 0.5) is 0 Å². The molecule has 5 heteroatoms. The van der Waals surface area contributed by atoms with E-state index in [1.54, 1.807) is 24.3 Å². The highest BCUT2D eigenvalue weighted by Crippen LogP contribution is 2.22.